The number of aryl methyl sites for hydroxylation is 1. The highest BCUT2D eigenvalue weighted by atomic mass is 35.5. The van der Waals surface area contributed by atoms with Crippen molar-refractivity contribution in [1.29, 1.82) is 0 Å². The first-order chi connectivity index (χ1) is 15.4. The van der Waals surface area contributed by atoms with E-state index in [2.05, 4.69) is 5.32 Å². The number of fused-ring (bicyclic) bond motifs is 3. The number of hydrogen-bond donors (Lipinski definition) is 2. The summed E-state index contributed by atoms with van der Waals surface area (Å²) in [6, 6.07) is 17.1. The maximum absolute atomic E-state index is 14.2. The fourth-order valence-corrected chi connectivity index (χ4v) is 4.32. The van der Waals surface area contributed by atoms with Crippen LogP contribution in [0.15, 0.2) is 60.7 Å². The third-order valence-corrected chi connectivity index (χ3v) is 6.25. The van der Waals surface area contributed by atoms with Crippen LogP contribution in [0.2, 0.25) is 5.02 Å². The predicted octanol–water partition coefficient (Wildman–Crippen LogP) is 5.32. The molecule has 0 aromatic heterocycles. The lowest BCUT2D eigenvalue weighted by Gasteiger charge is -2.18. The van der Waals surface area contributed by atoms with E-state index in [1.165, 1.54) is 12.1 Å². The van der Waals surface area contributed by atoms with Crippen LogP contribution in [-0.2, 0) is 16.0 Å². The number of halogens is 2. The van der Waals surface area contributed by atoms with Gasteiger partial charge in [0.1, 0.15) is 18.5 Å². The number of ether oxygens (including phenoxy) is 1. The second kappa shape index (κ2) is 9.01. The van der Waals surface area contributed by atoms with Gasteiger partial charge in [-0.3, -0.25) is 0 Å². The van der Waals surface area contributed by atoms with Crippen molar-refractivity contribution in [2.45, 2.75) is 25.3 Å². The molecule has 5 nitrogen and oxygen atoms in total. The van der Waals surface area contributed by atoms with Gasteiger partial charge in [-0.1, -0.05) is 66.2 Å². The normalized spacial score (nSPS) is 13.2. The molecule has 0 spiro atoms. The summed E-state index contributed by atoms with van der Waals surface area (Å²) in [6.07, 6.45) is -1.19. The minimum Gasteiger partial charge on any atom is -0.480 e. The van der Waals surface area contributed by atoms with E-state index < -0.39 is 23.9 Å². The van der Waals surface area contributed by atoms with Crippen molar-refractivity contribution in [3.8, 4) is 11.1 Å². The summed E-state index contributed by atoms with van der Waals surface area (Å²) in [4.78, 5) is 24.1. The first-order valence-electron chi connectivity index (χ1n) is 10.1. The Bertz CT molecular complexity index is 1150. The third-order valence-electron chi connectivity index (χ3n) is 5.72. The second-order valence-corrected chi connectivity index (χ2v) is 8.10. The van der Waals surface area contributed by atoms with Crippen LogP contribution >= 0.6 is 11.6 Å². The summed E-state index contributed by atoms with van der Waals surface area (Å²) in [5.41, 5.74) is 4.93. The molecule has 0 bridgehead atoms. The molecule has 1 aliphatic carbocycles. The number of carbonyl (C=O) groups excluding carboxylic acids is 1. The molecule has 1 unspecified atom stereocenters. The first-order valence-corrected chi connectivity index (χ1v) is 10.5. The molecule has 3 aromatic carbocycles. The molecule has 3 aromatic rings. The molecular weight excluding hydrogens is 433 g/mol. The highest BCUT2D eigenvalue weighted by Gasteiger charge is 2.30. The van der Waals surface area contributed by atoms with Crippen molar-refractivity contribution in [3.63, 3.8) is 0 Å². The second-order valence-electron chi connectivity index (χ2n) is 7.72. The lowest BCUT2D eigenvalue weighted by Crippen LogP contribution is -2.43. The summed E-state index contributed by atoms with van der Waals surface area (Å²) in [6.45, 7) is 1.74. The Morgan fingerprint density at radius 1 is 1.06 bits per heavy atom. The Kier molecular flexibility index (Phi) is 6.15. The van der Waals surface area contributed by atoms with E-state index in [1.54, 1.807) is 6.92 Å². The van der Waals surface area contributed by atoms with E-state index in [-0.39, 0.29) is 29.5 Å². The fraction of sp³-hybridized carbons (Fsp3) is 0.200. The topological polar surface area (TPSA) is 75.6 Å². The van der Waals surface area contributed by atoms with E-state index in [9.17, 15) is 19.1 Å². The molecule has 1 amide bonds. The van der Waals surface area contributed by atoms with Crippen molar-refractivity contribution >= 4 is 23.7 Å². The lowest BCUT2D eigenvalue weighted by atomic mass is 9.98. The van der Waals surface area contributed by atoms with E-state index >= 15 is 0 Å². The van der Waals surface area contributed by atoms with Gasteiger partial charge in [-0.2, -0.15) is 0 Å². The van der Waals surface area contributed by atoms with E-state index in [0.29, 0.717) is 5.56 Å². The number of rotatable bonds is 6. The smallest absolute Gasteiger partial charge is 0.407 e. The molecule has 4 rings (SSSR count). The average molecular weight is 454 g/mol. The molecule has 7 heteroatoms. The van der Waals surface area contributed by atoms with Crippen molar-refractivity contribution in [1.82, 2.24) is 5.32 Å². The number of amides is 1. The molecule has 164 valence electrons. The molecule has 1 atom stereocenters. The number of carboxylic acid groups (broad SMARTS) is 1. The van der Waals surface area contributed by atoms with Gasteiger partial charge in [0.15, 0.2) is 0 Å². The standard InChI is InChI=1S/C25H21ClFNO4/c1-14-10-11-21(27)19(23(14)26)12-22(24(29)30)28-25(31)32-13-20-17-8-4-2-6-15(17)16-7-3-5-9-18(16)20/h2-11,20,22H,12-13H2,1H3,(H,28,31)(H,29,30). The Labute approximate surface area is 189 Å². The highest BCUT2D eigenvalue weighted by Crippen LogP contribution is 2.44. The number of nitrogens with one attached hydrogen (secondary N) is 1. The van der Waals surface area contributed by atoms with E-state index in [4.69, 9.17) is 16.3 Å². The Balaban J connectivity index is 1.46. The van der Waals surface area contributed by atoms with E-state index in [0.717, 1.165) is 22.3 Å². The Hall–Kier alpha value is -3.38. The monoisotopic (exact) mass is 453 g/mol. The average Bonchev–Trinajstić information content (AvgIpc) is 3.11. The number of benzene rings is 3. The molecule has 0 heterocycles. The first kappa shape index (κ1) is 21.8. The molecule has 2 N–H and O–H groups in total. The van der Waals surface area contributed by atoms with Gasteiger partial charge in [0, 0.05) is 22.9 Å². The van der Waals surface area contributed by atoms with Gasteiger partial charge in [0.2, 0.25) is 0 Å². The maximum Gasteiger partial charge on any atom is 0.407 e. The van der Waals surface area contributed by atoms with Crippen molar-refractivity contribution < 1.29 is 23.8 Å². The zero-order valence-corrected chi connectivity index (χ0v) is 18.0. The van der Waals surface area contributed by atoms with Crippen LogP contribution in [0, 0.1) is 12.7 Å². The van der Waals surface area contributed by atoms with Crippen LogP contribution in [0.3, 0.4) is 0 Å². The van der Waals surface area contributed by atoms with Crippen molar-refractivity contribution in [2.75, 3.05) is 6.61 Å². The van der Waals surface area contributed by atoms with Gasteiger partial charge >= 0.3 is 12.1 Å². The van der Waals surface area contributed by atoms with Gasteiger partial charge in [0.25, 0.3) is 0 Å². The number of aliphatic carboxylic acids is 1. The van der Waals surface area contributed by atoms with E-state index in [1.807, 2.05) is 48.5 Å². The molecule has 0 radical (unpaired) electrons. The van der Waals surface area contributed by atoms with Crippen LogP contribution < -0.4 is 5.32 Å². The third kappa shape index (κ3) is 4.18. The Morgan fingerprint density at radius 3 is 2.25 bits per heavy atom. The highest BCUT2D eigenvalue weighted by molar-refractivity contribution is 6.32. The van der Waals surface area contributed by atoms with Crippen LogP contribution in [-0.4, -0.2) is 29.8 Å². The Morgan fingerprint density at radius 2 is 1.66 bits per heavy atom. The van der Waals surface area contributed by atoms with Crippen LogP contribution in [0.5, 0.6) is 0 Å². The molecule has 0 saturated heterocycles. The van der Waals surface area contributed by atoms with Crippen LogP contribution in [0.25, 0.3) is 11.1 Å². The zero-order chi connectivity index (χ0) is 22.8. The lowest BCUT2D eigenvalue weighted by molar-refractivity contribution is -0.139. The maximum atomic E-state index is 14.2. The number of carboxylic acids is 1. The molecule has 0 fully saturated rings. The minimum atomic E-state index is -1.39. The molecule has 32 heavy (non-hydrogen) atoms. The molecule has 0 saturated carbocycles. The minimum absolute atomic E-state index is 0.0398. The predicted molar refractivity (Wildman–Crippen MR) is 119 cm³/mol. The van der Waals surface area contributed by atoms with Gasteiger partial charge in [0.05, 0.1) is 0 Å². The summed E-state index contributed by atoms with van der Waals surface area (Å²) < 4.78 is 19.6. The number of hydrogen-bond acceptors (Lipinski definition) is 3. The SMILES string of the molecule is Cc1ccc(F)c(CC(NC(=O)OCC2c3ccccc3-c3ccccc32)C(=O)O)c1Cl. The molecule has 0 aliphatic heterocycles. The van der Waals surface area contributed by atoms with Crippen molar-refractivity contribution in [2.24, 2.45) is 0 Å². The number of carbonyl (C=O) groups is 2. The largest absolute Gasteiger partial charge is 0.480 e. The molecule has 1 aliphatic rings. The summed E-state index contributed by atoms with van der Waals surface area (Å²) in [5, 5.41) is 12.0. The van der Waals surface area contributed by atoms with Gasteiger partial charge in [-0.25, -0.2) is 14.0 Å². The quantitative estimate of drug-likeness (QED) is 0.529. The van der Waals surface area contributed by atoms with Crippen LogP contribution in [0.1, 0.15) is 28.2 Å². The van der Waals surface area contributed by atoms with Gasteiger partial charge in [-0.15, -0.1) is 0 Å². The fourth-order valence-electron chi connectivity index (χ4n) is 4.09. The van der Waals surface area contributed by atoms with Gasteiger partial charge < -0.3 is 15.2 Å². The van der Waals surface area contributed by atoms with Crippen molar-refractivity contribution in [3.05, 3.63) is 93.8 Å². The van der Waals surface area contributed by atoms with Gasteiger partial charge in [-0.05, 0) is 40.8 Å². The summed E-state index contributed by atoms with van der Waals surface area (Å²) >= 11 is 6.15. The summed E-state index contributed by atoms with van der Waals surface area (Å²) in [7, 11) is 0. The van der Waals surface area contributed by atoms with Crippen LogP contribution in [0.4, 0.5) is 9.18 Å². The summed E-state index contributed by atoms with van der Waals surface area (Å²) in [5.74, 6) is -2.09. The zero-order valence-electron chi connectivity index (χ0n) is 17.3. The molecular formula is C25H21ClFNO4. The number of alkyl carbamates (subject to hydrolysis) is 1.